The van der Waals surface area contributed by atoms with E-state index in [-0.39, 0.29) is 19.1 Å². The maximum Gasteiger partial charge on any atom is 0.0638 e. The number of hydrogen-bond donors (Lipinski definition) is 2. The fourth-order valence-corrected chi connectivity index (χ4v) is 9.71. The minimum absolute atomic E-state index is 0.0737. The topological polar surface area (TPSA) is 49.7 Å². The van der Waals surface area contributed by atoms with Gasteiger partial charge in [0.25, 0.3) is 0 Å². The van der Waals surface area contributed by atoms with E-state index in [1.54, 1.807) is 0 Å². The fourth-order valence-electron chi connectivity index (χ4n) is 9.71. The molecule has 5 aliphatic rings. The Hall–Kier alpha value is -0.120. The van der Waals surface area contributed by atoms with Gasteiger partial charge in [0.15, 0.2) is 0 Å². The summed E-state index contributed by atoms with van der Waals surface area (Å²) in [5, 5.41) is 19.7. The van der Waals surface area contributed by atoms with Crippen molar-refractivity contribution in [2.75, 3.05) is 20.3 Å². The molecule has 5 fully saturated rings. The van der Waals surface area contributed by atoms with Gasteiger partial charge in [-0.25, -0.2) is 0 Å². The van der Waals surface area contributed by atoms with E-state index < -0.39 is 0 Å². The molecular weight excluding hydrogens is 324 g/mol. The number of aliphatic hydroxyl groups is 2. The smallest absolute Gasteiger partial charge is 0.0638 e. The maximum atomic E-state index is 9.83. The minimum atomic E-state index is 0.0737. The van der Waals surface area contributed by atoms with Crippen molar-refractivity contribution in [1.82, 2.24) is 0 Å². The zero-order valence-electron chi connectivity index (χ0n) is 16.9. The SMILES string of the molecule is CO[C@@H]1C[C@H]2[C@@H]3CC[C@H](C(CO)CO)[C@@]3(C)CC[C@@H]2[C@@]2(C)CC[C@@H]3C[C@]312. The van der Waals surface area contributed by atoms with Gasteiger partial charge in [0.1, 0.15) is 0 Å². The van der Waals surface area contributed by atoms with Crippen LogP contribution in [0.5, 0.6) is 0 Å². The highest BCUT2D eigenvalue weighted by molar-refractivity contribution is 5.26. The van der Waals surface area contributed by atoms with Gasteiger partial charge in [0.05, 0.1) is 6.10 Å². The highest BCUT2D eigenvalue weighted by Crippen LogP contribution is 2.82. The number of rotatable bonds is 4. The van der Waals surface area contributed by atoms with E-state index >= 15 is 0 Å². The van der Waals surface area contributed by atoms with Crippen LogP contribution in [-0.2, 0) is 4.74 Å². The van der Waals surface area contributed by atoms with Crippen LogP contribution in [0.4, 0.5) is 0 Å². The summed E-state index contributed by atoms with van der Waals surface area (Å²) < 4.78 is 6.18. The lowest BCUT2D eigenvalue weighted by atomic mass is 9.45. The first kappa shape index (κ1) is 17.9. The van der Waals surface area contributed by atoms with E-state index in [1.165, 1.54) is 51.4 Å². The second kappa shape index (κ2) is 5.70. The van der Waals surface area contributed by atoms with Gasteiger partial charge in [0.2, 0.25) is 0 Å². The number of aliphatic hydroxyl groups excluding tert-OH is 2. The molecule has 0 bridgehead atoms. The van der Waals surface area contributed by atoms with E-state index in [0.717, 1.165) is 23.7 Å². The van der Waals surface area contributed by atoms with E-state index in [9.17, 15) is 10.2 Å². The van der Waals surface area contributed by atoms with Crippen molar-refractivity contribution in [1.29, 1.82) is 0 Å². The third-order valence-corrected chi connectivity index (χ3v) is 10.9. The average Bonchev–Trinajstić information content (AvgIpc) is 3.16. The number of methoxy groups -OCH3 is 1. The Balaban J connectivity index is 1.48. The third-order valence-electron chi connectivity index (χ3n) is 10.9. The maximum absolute atomic E-state index is 9.83. The minimum Gasteiger partial charge on any atom is -0.396 e. The second-order valence-electron chi connectivity index (χ2n) is 11.1. The summed E-state index contributed by atoms with van der Waals surface area (Å²) in [5.74, 6) is 3.93. The summed E-state index contributed by atoms with van der Waals surface area (Å²) in [5.41, 5.74) is 1.30. The van der Waals surface area contributed by atoms with Gasteiger partial charge in [-0.1, -0.05) is 13.8 Å². The van der Waals surface area contributed by atoms with Crippen LogP contribution < -0.4 is 0 Å². The molecule has 0 saturated heterocycles. The predicted octanol–water partition coefficient (Wildman–Crippen LogP) is 3.87. The lowest BCUT2D eigenvalue weighted by Gasteiger charge is -2.61. The molecule has 0 unspecified atom stereocenters. The monoisotopic (exact) mass is 362 g/mol. The highest BCUT2D eigenvalue weighted by Gasteiger charge is 2.77. The van der Waals surface area contributed by atoms with Crippen molar-refractivity contribution >= 4 is 0 Å². The van der Waals surface area contributed by atoms with Gasteiger partial charge in [0, 0.05) is 31.7 Å². The first-order valence-corrected chi connectivity index (χ1v) is 11.2. The standard InChI is InChI=1S/C23H38O3/c1-21-8-7-19-16(18(21)5-4-17(21)14(12-24)13-25)10-20(26-3)23-11-15(23)6-9-22(19,23)2/h14-20,24-25H,4-13H2,1-3H3/t15-,16+,17-,18+,19+,20-,21-,22-,23+/m1/s1. The van der Waals surface area contributed by atoms with Crippen LogP contribution in [0.2, 0.25) is 0 Å². The van der Waals surface area contributed by atoms with Crippen LogP contribution in [0.3, 0.4) is 0 Å². The van der Waals surface area contributed by atoms with Crippen LogP contribution in [0.15, 0.2) is 0 Å². The Bertz CT molecular complexity index is 574. The Labute approximate surface area is 158 Å². The summed E-state index contributed by atoms with van der Waals surface area (Å²) in [7, 11) is 1.96. The molecule has 3 heteroatoms. The number of fused-ring (bicyclic) bond motifs is 4. The van der Waals surface area contributed by atoms with Crippen molar-refractivity contribution in [3.63, 3.8) is 0 Å². The van der Waals surface area contributed by atoms with Crippen LogP contribution in [0.1, 0.15) is 65.2 Å². The van der Waals surface area contributed by atoms with E-state index in [0.29, 0.717) is 28.3 Å². The van der Waals surface area contributed by atoms with Gasteiger partial charge in [-0.05, 0) is 91.8 Å². The Kier molecular flexibility index (Phi) is 3.94. The third kappa shape index (κ3) is 1.91. The van der Waals surface area contributed by atoms with Crippen LogP contribution in [-0.4, -0.2) is 36.6 Å². The van der Waals surface area contributed by atoms with Gasteiger partial charge < -0.3 is 14.9 Å². The molecule has 3 nitrogen and oxygen atoms in total. The molecule has 0 radical (unpaired) electrons. The summed E-state index contributed by atoms with van der Waals surface area (Å²) in [6, 6.07) is 0. The first-order valence-electron chi connectivity index (χ1n) is 11.2. The molecular formula is C23H38O3. The van der Waals surface area contributed by atoms with Crippen molar-refractivity contribution < 1.29 is 14.9 Å². The summed E-state index contributed by atoms with van der Waals surface area (Å²) >= 11 is 0. The van der Waals surface area contributed by atoms with E-state index in [1.807, 2.05) is 7.11 Å². The lowest BCUT2D eigenvalue weighted by Crippen LogP contribution is -2.57. The van der Waals surface area contributed by atoms with Crippen LogP contribution >= 0.6 is 0 Å². The normalized spacial score (nSPS) is 57.5. The zero-order valence-corrected chi connectivity index (χ0v) is 16.9. The van der Waals surface area contributed by atoms with E-state index in [4.69, 9.17) is 4.74 Å². The van der Waals surface area contributed by atoms with Crippen LogP contribution in [0, 0.1) is 51.8 Å². The van der Waals surface area contributed by atoms with Crippen molar-refractivity contribution in [2.45, 2.75) is 71.3 Å². The molecule has 5 rings (SSSR count). The quantitative estimate of drug-likeness (QED) is 0.798. The number of ether oxygens (including phenoxy) is 1. The molecule has 0 aliphatic heterocycles. The predicted molar refractivity (Wildman–Crippen MR) is 101 cm³/mol. The molecule has 5 aliphatic carbocycles. The molecule has 9 atom stereocenters. The molecule has 0 heterocycles. The molecule has 0 aromatic rings. The molecule has 0 amide bonds. The fraction of sp³-hybridized carbons (Fsp3) is 1.00. The second-order valence-corrected chi connectivity index (χ2v) is 11.1. The summed E-state index contributed by atoms with van der Waals surface area (Å²) in [4.78, 5) is 0. The Morgan fingerprint density at radius 3 is 2.42 bits per heavy atom. The van der Waals surface area contributed by atoms with Crippen molar-refractivity contribution in [2.24, 2.45) is 51.8 Å². The largest absolute Gasteiger partial charge is 0.396 e. The van der Waals surface area contributed by atoms with E-state index in [2.05, 4.69) is 13.8 Å². The molecule has 2 N–H and O–H groups in total. The average molecular weight is 363 g/mol. The molecule has 26 heavy (non-hydrogen) atoms. The van der Waals surface area contributed by atoms with Gasteiger partial charge >= 0.3 is 0 Å². The summed E-state index contributed by atoms with van der Waals surface area (Å²) in [6.07, 6.45) is 11.2. The zero-order chi connectivity index (χ0) is 18.3. The Morgan fingerprint density at radius 1 is 1.00 bits per heavy atom. The summed E-state index contributed by atoms with van der Waals surface area (Å²) in [6.45, 7) is 5.40. The number of hydrogen-bond acceptors (Lipinski definition) is 3. The van der Waals surface area contributed by atoms with Crippen molar-refractivity contribution in [3.8, 4) is 0 Å². The molecule has 0 aromatic heterocycles. The Morgan fingerprint density at radius 2 is 1.77 bits per heavy atom. The molecule has 1 spiro atoms. The lowest BCUT2D eigenvalue weighted by molar-refractivity contribution is -0.162. The highest BCUT2D eigenvalue weighted by atomic mass is 16.5. The molecule has 148 valence electrons. The van der Waals surface area contributed by atoms with Gasteiger partial charge in [-0.15, -0.1) is 0 Å². The first-order chi connectivity index (χ1) is 12.5. The molecule has 5 saturated carbocycles. The molecule has 0 aromatic carbocycles. The van der Waals surface area contributed by atoms with Crippen molar-refractivity contribution in [3.05, 3.63) is 0 Å². The van der Waals surface area contributed by atoms with Crippen LogP contribution in [0.25, 0.3) is 0 Å². The van der Waals surface area contributed by atoms with Gasteiger partial charge in [-0.2, -0.15) is 0 Å². The van der Waals surface area contributed by atoms with Gasteiger partial charge in [-0.3, -0.25) is 0 Å².